The standard InChI is InChI=1S/C18H23ClFN3O2/c1-11-15(12(2)23(22-11)10-18(3,4)25)8-17(24)21-9-13-5-6-14(20)7-16(13)19/h5-7,25H,8-10H2,1-4H3,(H,21,24). The van der Waals surface area contributed by atoms with Crippen molar-refractivity contribution in [3.05, 3.63) is 51.6 Å². The monoisotopic (exact) mass is 367 g/mol. The number of benzene rings is 1. The van der Waals surface area contributed by atoms with Crippen molar-refractivity contribution in [3.63, 3.8) is 0 Å². The third-order valence-electron chi connectivity index (χ3n) is 3.90. The maximum atomic E-state index is 13.0. The summed E-state index contributed by atoms with van der Waals surface area (Å²) in [6, 6.07) is 4.08. The molecule has 0 fully saturated rings. The van der Waals surface area contributed by atoms with Crippen LogP contribution in [0.1, 0.15) is 36.4 Å². The SMILES string of the molecule is Cc1nn(CC(C)(C)O)c(C)c1CC(=O)NCc1ccc(F)cc1Cl. The second-order valence-electron chi connectivity index (χ2n) is 6.81. The molecule has 1 aromatic heterocycles. The van der Waals surface area contributed by atoms with E-state index in [0.717, 1.165) is 17.0 Å². The first-order valence-corrected chi connectivity index (χ1v) is 8.40. The molecule has 0 atom stereocenters. The molecule has 0 saturated carbocycles. The van der Waals surface area contributed by atoms with Gasteiger partial charge in [-0.2, -0.15) is 5.10 Å². The molecular weight excluding hydrogens is 345 g/mol. The smallest absolute Gasteiger partial charge is 0.224 e. The zero-order valence-corrected chi connectivity index (χ0v) is 15.6. The molecule has 136 valence electrons. The lowest BCUT2D eigenvalue weighted by atomic mass is 10.1. The van der Waals surface area contributed by atoms with Gasteiger partial charge in [-0.15, -0.1) is 0 Å². The van der Waals surface area contributed by atoms with Crippen molar-refractivity contribution in [2.75, 3.05) is 0 Å². The van der Waals surface area contributed by atoms with Crippen molar-refractivity contribution in [1.29, 1.82) is 0 Å². The summed E-state index contributed by atoms with van der Waals surface area (Å²) in [4.78, 5) is 12.2. The molecule has 0 spiro atoms. The molecule has 0 aliphatic heterocycles. The Morgan fingerprint density at radius 1 is 1.40 bits per heavy atom. The molecule has 5 nitrogen and oxygen atoms in total. The summed E-state index contributed by atoms with van der Waals surface area (Å²) in [6.45, 7) is 7.73. The second-order valence-corrected chi connectivity index (χ2v) is 7.22. The van der Waals surface area contributed by atoms with Gasteiger partial charge in [0, 0.05) is 22.8 Å². The number of hydrogen-bond donors (Lipinski definition) is 2. The Hall–Kier alpha value is -1.92. The van der Waals surface area contributed by atoms with Crippen molar-refractivity contribution < 1.29 is 14.3 Å². The molecule has 25 heavy (non-hydrogen) atoms. The van der Waals surface area contributed by atoms with Gasteiger partial charge in [-0.3, -0.25) is 9.48 Å². The van der Waals surface area contributed by atoms with Crippen molar-refractivity contribution in [2.24, 2.45) is 0 Å². The minimum atomic E-state index is -0.887. The third kappa shape index (κ3) is 5.28. The number of aliphatic hydroxyl groups is 1. The van der Waals surface area contributed by atoms with Gasteiger partial charge < -0.3 is 10.4 Å². The van der Waals surface area contributed by atoms with Gasteiger partial charge in [0.2, 0.25) is 5.91 Å². The van der Waals surface area contributed by atoms with Crippen LogP contribution >= 0.6 is 11.6 Å². The van der Waals surface area contributed by atoms with E-state index in [1.165, 1.54) is 12.1 Å². The Balaban J connectivity index is 2.03. The van der Waals surface area contributed by atoms with Crippen LogP contribution in [0.5, 0.6) is 0 Å². The third-order valence-corrected chi connectivity index (χ3v) is 4.25. The van der Waals surface area contributed by atoms with E-state index >= 15 is 0 Å². The highest BCUT2D eigenvalue weighted by molar-refractivity contribution is 6.31. The molecular formula is C18H23ClFN3O2. The minimum absolute atomic E-state index is 0.172. The van der Waals surface area contributed by atoms with E-state index < -0.39 is 11.4 Å². The highest BCUT2D eigenvalue weighted by Crippen LogP contribution is 2.18. The number of halogens is 2. The molecule has 1 heterocycles. The fourth-order valence-corrected chi connectivity index (χ4v) is 2.83. The van der Waals surface area contributed by atoms with Gasteiger partial charge >= 0.3 is 0 Å². The van der Waals surface area contributed by atoms with Gasteiger partial charge in [0.15, 0.2) is 0 Å². The van der Waals surface area contributed by atoms with E-state index in [1.807, 2.05) is 13.8 Å². The lowest BCUT2D eigenvalue weighted by Gasteiger charge is -2.18. The second kappa shape index (κ2) is 7.54. The first-order chi connectivity index (χ1) is 11.6. The van der Waals surface area contributed by atoms with Crippen LogP contribution in [0.3, 0.4) is 0 Å². The molecule has 2 rings (SSSR count). The highest BCUT2D eigenvalue weighted by atomic mass is 35.5. The maximum Gasteiger partial charge on any atom is 0.224 e. The lowest BCUT2D eigenvalue weighted by molar-refractivity contribution is -0.120. The fraction of sp³-hybridized carbons (Fsp3) is 0.444. The molecule has 1 aromatic carbocycles. The van der Waals surface area contributed by atoms with Crippen LogP contribution in [0.4, 0.5) is 4.39 Å². The van der Waals surface area contributed by atoms with E-state index in [4.69, 9.17) is 11.6 Å². The molecule has 2 N–H and O–H groups in total. The van der Waals surface area contributed by atoms with Crippen LogP contribution in [0, 0.1) is 19.7 Å². The zero-order valence-electron chi connectivity index (χ0n) is 14.9. The summed E-state index contributed by atoms with van der Waals surface area (Å²) in [5, 5.41) is 17.4. The Morgan fingerprint density at radius 3 is 2.68 bits per heavy atom. The number of carbonyl (C=O) groups is 1. The summed E-state index contributed by atoms with van der Waals surface area (Å²) >= 11 is 5.96. The Morgan fingerprint density at radius 2 is 2.08 bits per heavy atom. The van der Waals surface area contributed by atoms with Gasteiger partial charge in [-0.05, 0) is 45.4 Å². The normalized spacial score (nSPS) is 11.6. The molecule has 7 heteroatoms. The Kier molecular flexibility index (Phi) is 5.85. The number of aromatic nitrogens is 2. The predicted octanol–water partition coefficient (Wildman–Crippen LogP) is 2.92. The minimum Gasteiger partial charge on any atom is -0.389 e. The molecule has 0 aliphatic carbocycles. The summed E-state index contributed by atoms with van der Waals surface area (Å²) in [6.07, 6.45) is 0.183. The van der Waals surface area contributed by atoms with Crippen molar-refractivity contribution in [3.8, 4) is 0 Å². The molecule has 0 radical (unpaired) electrons. The van der Waals surface area contributed by atoms with Gasteiger partial charge in [0.25, 0.3) is 0 Å². The predicted molar refractivity (Wildman–Crippen MR) is 95.0 cm³/mol. The van der Waals surface area contributed by atoms with E-state index in [-0.39, 0.29) is 23.9 Å². The zero-order chi connectivity index (χ0) is 18.8. The van der Waals surface area contributed by atoms with Crippen molar-refractivity contribution >= 4 is 17.5 Å². The van der Waals surface area contributed by atoms with Crippen LogP contribution in [-0.2, 0) is 24.3 Å². The maximum absolute atomic E-state index is 13.0. The van der Waals surface area contributed by atoms with Gasteiger partial charge in [0.05, 0.1) is 24.3 Å². The number of aryl methyl sites for hydroxylation is 1. The Bertz CT molecular complexity index is 781. The first-order valence-electron chi connectivity index (χ1n) is 8.02. The number of nitrogens with one attached hydrogen (secondary N) is 1. The average molecular weight is 368 g/mol. The van der Waals surface area contributed by atoms with Crippen LogP contribution in [-0.4, -0.2) is 26.4 Å². The molecule has 0 unspecified atom stereocenters. The molecule has 0 bridgehead atoms. The van der Waals surface area contributed by atoms with Crippen LogP contribution in [0.15, 0.2) is 18.2 Å². The quantitative estimate of drug-likeness (QED) is 0.825. The van der Waals surface area contributed by atoms with Crippen LogP contribution < -0.4 is 5.32 Å². The number of hydrogen-bond acceptors (Lipinski definition) is 3. The number of rotatable bonds is 6. The lowest BCUT2D eigenvalue weighted by Crippen LogP contribution is -2.27. The topological polar surface area (TPSA) is 67.1 Å². The highest BCUT2D eigenvalue weighted by Gasteiger charge is 2.20. The van der Waals surface area contributed by atoms with E-state index in [2.05, 4.69) is 10.4 Å². The van der Waals surface area contributed by atoms with Crippen molar-refractivity contribution in [1.82, 2.24) is 15.1 Å². The van der Waals surface area contributed by atoms with Gasteiger partial charge in [-0.25, -0.2) is 4.39 Å². The molecule has 1 amide bonds. The summed E-state index contributed by atoms with van der Waals surface area (Å²) in [7, 11) is 0. The first kappa shape index (κ1) is 19.4. The number of nitrogens with zero attached hydrogens (tertiary/aromatic N) is 2. The van der Waals surface area contributed by atoms with Crippen LogP contribution in [0.2, 0.25) is 5.02 Å². The molecule has 0 aliphatic rings. The average Bonchev–Trinajstić information content (AvgIpc) is 2.72. The summed E-state index contributed by atoms with van der Waals surface area (Å²) in [5.41, 5.74) is 2.23. The number of amides is 1. The van der Waals surface area contributed by atoms with E-state index in [0.29, 0.717) is 12.1 Å². The molecule has 0 saturated heterocycles. The van der Waals surface area contributed by atoms with Crippen LogP contribution in [0.25, 0.3) is 0 Å². The summed E-state index contributed by atoms with van der Waals surface area (Å²) in [5.74, 6) is -0.583. The fourth-order valence-electron chi connectivity index (χ4n) is 2.59. The van der Waals surface area contributed by atoms with Crippen molar-refractivity contribution in [2.45, 2.75) is 52.8 Å². The Labute approximate surface area is 151 Å². The van der Waals surface area contributed by atoms with Gasteiger partial charge in [0.1, 0.15) is 5.82 Å². The van der Waals surface area contributed by atoms with E-state index in [9.17, 15) is 14.3 Å². The molecule has 2 aromatic rings. The van der Waals surface area contributed by atoms with Gasteiger partial charge in [-0.1, -0.05) is 17.7 Å². The largest absolute Gasteiger partial charge is 0.389 e. The van der Waals surface area contributed by atoms with E-state index in [1.54, 1.807) is 24.6 Å². The summed E-state index contributed by atoms with van der Waals surface area (Å²) < 4.78 is 14.8. The number of carbonyl (C=O) groups excluding carboxylic acids is 1.